The molecule has 3 heterocycles. The minimum Gasteiger partial charge on any atom is -0.354 e. The quantitative estimate of drug-likeness (QED) is 0.744. The maximum Gasteiger partial charge on any atom is 0.158 e. The number of fused-ring (bicyclic) bond motifs is 1. The van der Waals surface area contributed by atoms with Crippen molar-refractivity contribution in [3.05, 3.63) is 23.6 Å². The number of nitrogens with zero attached hydrogens (tertiary/aromatic N) is 4. The second-order valence-corrected chi connectivity index (χ2v) is 4.75. The van der Waals surface area contributed by atoms with Crippen molar-refractivity contribution in [3.63, 3.8) is 0 Å². The van der Waals surface area contributed by atoms with Gasteiger partial charge in [-0.2, -0.15) is 0 Å². The summed E-state index contributed by atoms with van der Waals surface area (Å²) >= 11 is 5.91. The van der Waals surface area contributed by atoms with Gasteiger partial charge >= 0.3 is 0 Å². The standard InChI is InChI=1S/C12H12ClFN4/c13-10-2-1-9-11(17-10)12(16-7-15-9)18-5-3-8(14)4-6-18/h1-2,7-8H,3-6H2. The summed E-state index contributed by atoms with van der Waals surface area (Å²) < 4.78 is 13.2. The summed E-state index contributed by atoms with van der Waals surface area (Å²) in [4.78, 5) is 14.7. The van der Waals surface area contributed by atoms with Crippen molar-refractivity contribution in [2.75, 3.05) is 18.0 Å². The van der Waals surface area contributed by atoms with E-state index in [1.807, 2.05) is 11.0 Å². The normalized spacial score (nSPS) is 17.3. The molecule has 0 saturated carbocycles. The molecular formula is C12H12ClFN4. The van der Waals surface area contributed by atoms with Crippen LogP contribution in [0.2, 0.25) is 5.15 Å². The Morgan fingerprint density at radius 1 is 1.22 bits per heavy atom. The molecule has 2 aromatic heterocycles. The van der Waals surface area contributed by atoms with Crippen molar-refractivity contribution < 1.29 is 4.39 Å². The number of pyridine rings is 1. The van der Waals surface area contributed by atoms with E-state index in [-0.39, 0.29) is 0 Å². The molecule has 0 bridgehead atoms. The first-order chi connectivity index (χ1) is 8.74. The van der Waals surface area contributed by atoms with Gasteiger partial charge in [-0.15, -0.1) is 0 Å². The summed E-state index contributed by atoms with van der Waals surface area (Å²) in [6.45, 7) is 1.31. The van der Waals surface area contributed by atoms with Gasteiger partial charge in [0.2, 0.25) is 0 Å². The van der Waals surface area contributed by atoms with Crippen molar-refractivity contribution in [1.82, 2.24) is 15.0 Å². The topological polar surface area (TPSA) is 41.9 Å². The van der Waals surface area contributed by atoms with Crippen LogP contribution >= 0.6 is 11.6 Å². The molecule has 94 valence electrons. The predicted octanol–water partition coefficient (Wildman–Crippen LogP) is 2.62. The van der Waals surface area contributed by atoms with Crippen molar-refractivity contribution in [2.45, 2.75) is 19.0 Å². The van der Waals surface area contributed by atoms with E-state index in [2.05, 4.69) is 15.0 Å². The van der Waals surface area contributed by atoms with Gasteiger partial charge in [0.05, 0.1) is 5.52 Å². The van der Waals surface area contributed by atoms with E-state index in [0.29, 0.717) is 36.6 Å². The molecule has 0 spiro atoms. The highest BCUT2D eigenvalue weighted by molar-refractivity contribution is 6.29. The Morgan fingerprint density at radius 3 is 2.78 bits per heavy atom. The van der Waals surface area contributed by atoms with Crippen LogP contribution in [0.3, 0.4) is 0 Å². The van der Waals surface area contributed by atoms with Crippen LogP contribution in [0.1, 0.15) is 12.8 Å². The Morgan fingerprint density at radius 2 is 2.00 bits per heavy atom. The molecule has 18 heavy (non-hydrogen) atoms. The van der Waals surface area contributed by atoms with Crippen LogP contribution in [0.4, 0.5) is 10.2 Å². The average molecular weight is 267 g/mol. The molecule has 0 amide bonds. The number of aromatic nitrogens is 3. The van der Waals surface area contributed by atoms with Gasteiger partial charge in [-0.1, -0.05) is 11.6 Å². The summed E-state index contributed by atoms with van der Waals surface area (Å²) in [5, 5.41) is 0.416. The van der Waals surface area contributed by atoms with Crippen LogP contribution in [0.15, 0.2) is 18.5 Å². The lowest BCUT2D eigenvalue weighted by Crippen LogP contribution is -2.35. The number of alkyl halides is 1. The summed E-state index contributed by atoms with van der Waals surface area (Å²) in [7, 11) is 0. The van der Waals surface area contributed by atoms with E-state index in [9.17, 15) is 4.39 Å². The Kier molecular flexibility index (Phi) is 2.99. The first kappa shape index (κ1) is 11.6. The summed E-state index contributed by atoms with van der Waals surface area (Å²) in [6, 6.07) is 3.52. The molecule has 0 unspecified atom stereocenters. The van der Waals surface area contributed by atoms with Crippen molar-refractivity contribution in [1.29, 1.82) is 0 Å². The molecule has 1 saturated heterocycles. The van der Waals surface area contributed by atoms with Crippen molar-refractivity contribution in [2.24, 2.45) is 0 Å². The van der Waals surface area contributed by atoms with E-state index in [0.717, 1.165) is 11.3 Å². The third-order valence-electron chi connectivity index (χ3n) is 3.15. The zero-order valence-corrected chi connectivity index (χ0v) is 10.4. The first-order valence-electron chi connectivity index (χ1n) is 5.90. The van der Waals surface area contributed by atoms with E-state index in [4.69, 9.17) is 11.6 Å². The third-order valence-corrected chi connectivity index (χ3v) is 3.36. The fourth-order valence-corrected chi connectivity index (χ4v) is 2.34. The summed E-state index contributed by atoms with van der Waals surface area (Å²) in [6.07, 6.45) is 1.87. The zero-order chi connectivity index (χ0) is 12.5. The van der Waals surface area contributed by atoms with Gasteiger partial charge in [0, 0.05) is 13.1 Å². The SMILES string of the molecule is FC1CCN(c2ncnc3ccc(Cl)nc23)CC1. The Balaban J connectivity index is 2.03. The Bertz CT molecular complexity index is 569. The minimum absolute atomic E-state index is 0.416. The van der Waals surface area contributed by atoms with Crippen LogP contribution in [0.5, 0.6) is 0 Å². The molecule has 0 aliphatic carbocycles. The second kappa shape index (κ2) is 4.65. The lowest BCUT2D eigenvalue weighted by molar-refractivity contribution is 0.277. The molecule has 0 radical (unpaired) electrons. The highest BCUT2D eigenvalue weighted by Gasteiger charge is 2.21. The fraction of sp³-hybridized carbons (Fsp3) is 0.417. The smallest absolute Gasteiger partial charge is 0.158 e. The number of rotatable bonds is 1. The number of piperidine rings is 1. The van der Waals surface area contributed by atoms with Crippen LogP contribution in [-0.4, -0.2) is 34.2 Å². The van der Waals surface area contributed by atoms with Gasteiger partial charge in [0.1, 0.15) is 23.2 Å². The molecule has 3 rings (SSSR count). The van der Waals surface area contributed by atoms with E-state index in [1.165, 1.54) is 6.33 Å². The molecule has 0 atom stereocenters. The number of hydrogen-bond acceptors (Lipinski definition) is 4. The molecule has 4 nitrogen and oxygen atoms in total. The highest BCUT2D eigenvalue weighted by atomic mass is 35.5. The van der Waals surface area contributed by atoms with Crippen LogP contribution in [-0.2, 0) is 0 Å². The third kappa shape index (κ3) is 2.10. The maximum atomic E-state index is 13.2. The van der Waals surface area contributed by atoms with Crippen LogP contribution in [0.25, 0.3) is 11.0 Å². The van der Waals surface area contributed by atoms with Crippen LogP contribution in [0, 0.1) is 0 Å². The van der Waals surface area contributed by atoms with Gasteiger partial charge in [-0.05, 0) is 25.0 Å². The van der Waals surface area contributed by atoms with Gasteiger partial charge in [-0.3, -0.25) is 0 Å². The summed E-state index contributed by atoms with van der Waals surface area (Å²) in [5.41, 5.74) is 1.44. The predicted molar refractivity (Wildman–Crippen MR) is 68.7 cm³/mol. The second-order valence-electron chi connectivity index (χ2n) is 4.36. The Hall–Kier alpha value is -1.49. The maximum absolute atomic E-state index is 13.2. The molecule has 2 aromatic rings. The fourth-order valence-electron chi connectivity index (χ4n) is 2.19. The highest BCUT2D eigenvalue weighted by Crippen LogP contribution is 2.25. The lowest BCUT2D eigenvalue weighted by atomic mass is 10.1. The van der Waals surface area contributed by atoms with E-state index < -0.39 is 6.17 Å². The Labute approximate surface area is 109 Å². The number of hydrogen-bond donors (Lipinski definition) is 0. The van der Waals surface area contributed by atoms with Crippen molar-refractivity contribution >= 4 is 28.5 Å². The van der Waals surface area contributed by atoms with E-state index >= 15 is 0 Å². The van der Waals surface area contributed by atoms with E-state index in [1.54, 1.807) is 6.07 Å². The van der Waals surface area contributed by atoms with Gasteiger partial charge < -0.3 is 4.90 Å². The molecule has 6 heteroatoms. The first-order valence-corrected chi connectivity index (χ1v) is 6.28. The van der Waals surface area contributed by atoms with Gasteiger partial charge in [0.15, 0.2) is 5.82 Å². The molecule has 1 aliphatic rings. The molecular weight excluding hydrogens is 255 g/mol. The molecule has 1 fully saturated rings. The van der Waals surface area contributed by atoms with Crippen molar-refractivity contribution in [3.8, 4) is 0 Å². The molecule has 0 N–H and O–H groups in total. The number of halogens is 2. The van der Waals surface area contributed by atoms with Crippen LogP contribution < -0.4 is 4.90 Å². The monoisotopic (exact) mass is 266 g/mol. The molecule has 0 aromatic carbocycles. The summed E-state index contributed by atoms with van der Waals surface area (Å²) in [5.74, 6) is 0.745. The van der Waals surface area contributed by atoms with Gasteiger partial charge in [0.25, 0.3) is 0 Å². The van der Waals surface area contributed by atoms with Gasteiger partial charge in [-0.25, -0.2) is 19.3 Å². The molecule has 1 aliphatic heterocycles. The lowest BCUT2D eigenvalue weighted by Gasteiger charge is -2.29. The number of anilines is 1. The average Bonchev–Trinajstić information content (AvgIpc) is 2.39. The largest absolute Gasteiger partial charge is 0.354 e. The zero-order valence-electron chi connectivity index (χ0n) is 9.68. The minimum atomic E-state index is -0.703.